The van der Waals surface area contributed by atoms with Crippen LogP contribution in [0.1, 0.15) is 26.5 Å². The van der Waals surface area contributed by atoms with Crippen LogP contribution in [-0.2, 0) is 0 Å². The minimum atomic E-state index is -1.04. The molecule has 0 radical (unpaired) electrons. The van der Waals surface area contributed by atoms with Gasteiger partial charge in [0.05, 0.1) is 24.5 Å². The third-order valence-electron chi connectivity index (χ3n) is 3.81. The summed E-state index contributed by atoms with van der Waals surface area (Å²) < 4.78 is 11.5. The van der Waals surface area contributed by atoms with Crippen molar-refractivity contribution in [3.05, 3.63) is 76.0 Å². The van der Waals surface area contributed by atoms with Gasteiger partial charge in [-0.2, -0.15) is 5.10 Å². The molecule has 0 spiro atoms. The molecule has 28 heavy (non-hydrogen) atoms. The van der Waals surface area contributed by atoms with Gasteiger partial charge in [-0.15, -0.1) is 0 Å². The molecule has 142 valence electrons. The van der Waals surface area contributed by atoms with E-state index >= 15 is 0 Å². The zero-order valence-electron chi connectivity index (χ0n) is 14.7. The van der Waals surface area contributed by atoms with Gasteiger partial charge in [0.15, 0.2) is 0 Å². The lowest BCUT2D eigenvalue weighted by molar-refractivity contribution is 0.0697. The average molecular weight is 443 g/mol. The normalized spacial score (nSPS) is 10.8. The van der Waals surface area contributed by atoms with Gasteiger partial charge in [0.2, 0.25) is 0 Å². The van der Waals surface area contributed by atoms with Gasteiger partial charge in [-0.3, -0.25) is 4.79 Å². The van der Waals surface area contributed by atoms with E-state index in [1.165, 1.54) is 19.4 Å². The second-order valence-electron chi connectivity index (χ2n) is 5.60. The second kappa shape index (κ2) is 8.53. The Morgan fingerprint density at radius 3 is 2.68 bits per heavy atom. The van der Waals surface area contributed by atoms with E-state index in [0.29, 0.717) is 28.4 Å². The lowest BCUT2D eigenvalue weighted by Gasteiger charge is -2.07. The first kappa shape index (κ1) is 19.4. The highest BCUT2D eigenvalue weighted by Gasteiger charge is 2.14. The number of carbonyl (C=O) groups is 2. The summed E-state index contributed by atoms with van der Waals surface area (Å²) in [4.78, 5) is 23.6. The molecule has 8 heteroatoms. The van der Waals surface area contributed by atoms with Crippen LogP contribution in [0, 0.1) is 0 Å². The number of carboxylic acid groups (broad SMARTS) is 1. The van der Waals surface area contributed by atoms with Crippen LogP contribution in [0.2, 0.25) is 0 Å². The number of carboxylic acids is 1. The van der Waals surface area contributed by atoms with E-state index < -0.39 is 11.9 Å². The quantitative estimate of drug-likeness (QED) is 0.440. The number of methoxy groups -OCH3 is 1. The van der Waals surface area contributed by atoms with Crippen LogP contribution < -0.4 is 10.2 Å². The summed E-state index contributed by atoms with van der Waals surface area (Å²) in [6.07, 6.45) is 1.33. The molecule has 2 aromatic carbocycles. The number of nitrogens with zero attached hydrogens (tertiary/aromatic N) is 1. The van der Waals surface area contributed by atoms with Crippen molar-refractivity contribution in [1.82, 2.24) is 5.43 Å². The van der Waals surface area contributed by atoms with Gasteiger partial charge in [0.25, 0.3) is 5.91 Å². The highest BCUT2D eigenvalue weighted by Crippen LogP contribution is 2.25. The fraction of sp³-hybridized carbons (Fsp3) is 0.0500. The summed E-state index contributed by atoms with van der Waals surface area (Å²) in [6.45, 7) is 0. The van der Waals surface area contributed by atoms with E-state index in [-0.39, 0.29) is 5.56 Å². The first-order valence-electron chi connectivity index (χ1n) is 8.09. The molecule has 0 unspecified atom stereocenters. The molecule has 3 rings (SSSR count). The zero-order chi connectivity index (χ0) is 20.1. The number of nitrogens with one attached hydrogen (secondary N) is 1. The van der Waals surface area contributed by atoms with E-state index in [2.05, 4.69) is 26.5 Å². The smallest absolute Gasteiger partial charge is 0.336 e. The van der Waals surface area contributed by atoms with Crippen molar-refractivity contribution in [2.24, 2.45) is 5.10 Å². The van der Waals surface area contributed by atoms with Crippen LogP contribution >= 0.6 is 15.9 Å². The molecule has 0 aliphatic heterocycles. The lowest BCUT2D eigenvalue weighted by atomic mass is 10.1. The number of furan rings is 1. The summed E-state index contributed by atoms with van der Waals surface area (Å²) in [6, 6.07) is 14.8. The molecule has 0 aliphatic carbocycles. The Balaban J connectivity index is 1.74. The van der Waals surface area contributed by atoms with E-state index in [1.807, 2.05) is 0 Å². The molecule has 2 N–H and O–H groups in total. The topological polar surface area (TPSA) is 101 Å². The first-order valence-corrected chi connectivity index (χ1v) is 8.88. The van der Waals surface area contributed by atoms with Crippen molar-refractivity contribution >= 4 is 34.0 Å². The Morgan fingerprint density at radius 1 is 1.14 bits per heavy atom. The van der Waals surface area contributed by atoms with Gasteiger partial charge in [-0.05, 0) is 36.4 Å². The third kappa shape index (κ3) is 4.29. The van der Waals surface area contributed by atoms with Gasteiger partial charge in [-0.25, -0.2) is 10.2 Å². The highest BCUT2D eigenvalue weighted by atomic mass is 79.9. The largest absolute Gasteiger partial charge is 0.496 e. The third-order valence-corrected chi connectivity index (χ3v) is 4.31. The summed E-state index contributed by atoms with van der Waals surface area (Å²) in [7, 11) is 1.47. The van der Waals surface area contributed by atoms with Crippen molar-refractivity contribution < 1.29 is 23.8 Å². The molecule has 3 aromatic rings. The van der Waals surface area contributed by atoms with Gasteiger partial charge >= 0.3 is 5.97 Å². The van der Waals surface area contributed by atoms with Gasteiger partial charge in [0, 0.05) is 10.0 Å². The summed E-state index contributed by atoms with van der Waals surface area (Å²) in [5.74, 6) is -0.326. The molecule has 0 aliphatic rings. The maximum atomic E-state index is 12.3. The minimum Gasteiger partial charge on any atom is -0.496 e. The Morgan fingerprint density at radius 2 is 1.93 bits per heavy atom. The maximum Gasteiger partial charge on any atom is 0.336 e. The van der Waals surface area contributed by atoms with Crippen LogP contribution in [0.25, 0.3) is 11.3 Å². The minimum absolute atomic E-state index is 0.135. The average Bonchev–Trinajstić information content (AvgIpc) is 3.16. The standard InChI is InChI=1S/C20H15BrN2O5/c1-27-17-8-6-12(21)10-16(17)19(24)23-22-11-13-7-9-18(28-13)14-4-2-3-5-15(14)20(25)26/h2-11H,1H3,(H,23,24)(H,25,26)/b22-11-. The van der Waals surface area contributed by atoms with E-state index in [9.17, 15) is 14.7 Å². The molecule has 0 bridgehead atoms. The Hall–Kier alpha value is -3.39. The maximum absolute atomic E-state index is 12.3. The molecule has 0 atom stereocenters. The molecule has 1 heterocycles. The molecule has 0 saturated heterocycles. The molecule has 0 saturated carbocycles. The summed E-state index contributed by atoms with van der Waals surface area (Å²) in [5.41, 5.74) is 3.32. The van der Waals surface area contributed by atoms with Crippen LogP contribution in [0.15, 0.2) is 68.6 Å². The van der Waals surface area contributed by atoms with Crippen LogP contribution in [-0.4, -0.2) is 30.3 Å². The van der Waals surface area contributed by atoms with Crippen molar-refractivity contribution in [2.45, 2.75) is 0 Å². The number of hydrogen-bond donors (Lipinski definition) is 2. The lowest BCUT2D eigenvalue weighted by Crippen LogP contribution is -2.18. The van der Waals surface area contributed by atoms with E-state index in [0.717, 1.165) is 4.47 Å². The molecule has 1 amide bonds. The molecular formula is C20H15BrN2O5. The summed E-state index contributed by atoms with van der Waals surface area (Å²) >= 11 is 3.31. The van der Waals surface area contributed by atoms with E-state index in [4.69, 9.17) is 9.15 Å². The predicted octanol–water partition coefficient (Wildman–Crippen LogP) is 4.18. The number of carbonyl (C=O) groups excluding carboxylic acids is 1. The fourth-order valence-corrected chi connectivity index (χ4v) is 2.88. The first-order chi connectivity index (χ1) is 13.5. The number of aromatic carboxylic acids is 1. The number of hydrogen-bond acceptors (Lipinski definition) is 5. The van der Waals surface area contributed by atoms with Crippen molar-refractivity contribution in [3.63, 3.8) is 0 Å². The zero-order valence-corrected chi connectivity index (χ0v) is 16.3. The fourth-order valence-electron chi connectivity index (χ4n) is 2.52. The van der Waals surface area contributed by atoms with Crippen molar-refractivity contribution in [3.8, 4) is 17.1 Å². The Bertz CT molecular complexity index is 1060. The van der Waals surface area contributed by atoms with Crippen LogP contribution in [0.5, 0.6) is 5.75 Å². The van der Waals surface area contributed by atoms with Gasteiger partial charge < -0.3 is 14.3 Å². The summed E-state index contributed by atoms with van der Waals surface area (Å²) in [5, 5.41) is 13.2. The molecular weight excluding hydrogens is 428 g/mol. The number of ether oxygens (including phenoxy) is 1. The van der Waals surface area contributed by atoms with Crippen molar-refractivity contribution in [1.29, 1.82) is 0 Å². The van der Waals surface area contributed by atoms with Gasteiger partial charge in [-0.1, -0.05) is 34.1 Å². The monoisotopic (exact) mass is 442 g/mol. The number of amides is 1. The number of halogens is 1. The number of hydrazone groups is 1. The Kier molecular flexibility index (Phi) is 5.90. The SMILES string of the molecule is COc1ccc(Br)cc1C(=O)N/N=C\c1ccc(-c2ccccc2C(=O)O)o1. The number of rotatable bonds is 6. The predicted molar refractivity (Wildman–Crippen MR) is 107 cm³/mol. The van der Waals surface area contributed by atoms with Crippen LogP contribution in [0.3, 0.4) is 0 Å². The second-order valence-corrected chi connectivity index (χ2v) is 6.51. The van der Waals surface area contributed by atoms with Gasteiger partial charge in [0.1, 0.15) is 17.3 Å². The molecule has 0 fully saturated rings. The number of benzene rings is 2. The highest BCUT2D eigenvalue weighted by molar-refractivity contribution is 9.10. The molecule has 7 nitrogen and oxygen atoms in total. The van der Waals surface area contributed by atoms with E-state index in [1.54, 1.807) is 48.5 Å². The van der Waals surface area contributed by atoms with Crippen molar-refractivity contribution in [2.75, 3.05) is 7.11 Å². The Labute approximate surface area is 168 Å². The molecule has 1 aromatic heterocycles. The van der Waals surface area contributed by atoms with Crippen LogP contribution in [0.4, 0.5) is 0 Å².